The number of hydrogen-bond acceptors (Lipinski definition) is 5. The van der Waals surface area contributed by atoms with Gasteiger partial charge in [-0.2, -0.15) is 0 Å². The molecule has 19 heavy (non-hydrogen) atoms. The van der Waals surface area contributed by atoms with Crippen LogP contribution in [0.1, 0.15) is 17.3 Å². The van der Waals surface area contributed by atoms with E-state index in [1.54, 1.807) is 25.1 Å². The highest BCUT2D eigenvalue weighted by Gasteiger charge is 2.22. The van der Waals surface area contributed by atoms with E-state index in [0.29, 0.717) is 23.5 Å². The number of nitrogen functional groups attached to an aromatic ring is 2. The van der Waals surface area contributed by atoms with E-state index in [9.17, 15) is 9.90 Å². The largest absolute Gasteiger partial charge is 0.399 e. The molecule has 0 spiro atoms. The van der Waals surface area contributed by atoms with Crippen LogP contribution in [0.3, 0.4) is 0 Å². The van der Waals surface area contributed by atoms with Gasteiger partial charge in [0.2, 0.25) is 0 Å². The number of nitrogens with one attached hydrogen (secondary N) is 1. The number of likely N-dealkylation sites (N-methyl/N-ethyl adjacent to an activating group) is 1. The second-order valence-corrected chi connectivity index (χ2v) is 5.31. The first-order valence-corrected chi connectivity index (χ1v) is 6.01. The highest BCUT2D eigenvalue weighted by atomic mass is 16.3. The number of benzene rings is 1. The van der Waals surface area contributed by atoms with Gasteiger partial charge in [0.15, 0.2) is 0 Å². The molecule has 0 aliphatic heterocycles. The fraction of sp³-hybridized carbons (Fsp3) is 0.462. The van der Waals surface area contributed by atoms with Crippen molar-refractivity contribution in [3.05, 3.63) is 23.8 Å². The van der Waals surface area contributed by atoms with Gasteiger partial charge in [0.25, 0.3) is 5.91 Å². The van der Waals surface area contributed by atoms with Gasteiger partial charge in [-0.3, -0.25) is 4.79 Å². The second kappa shape index (κ2) is 5.90. The Morgan fingerprint density at radius 3 is 2.32 bits per heavy atom. The molecule has 6 nitrogen and oxygen atoms in total. The standard InChI is InChI=1S/C13H22N4O2/c1-13(19,8-17(2)3)7-16-12(18)9-4-10(14)6-11(15)5-9/h4-6,19H,7-8,14-15H2,1-3H3,(H,16,18). The third-order valence-electron chi connectivity index (χ3n) is 2.53. The minimum atomic E-state index is -0.995. The van der Waals surface area contributed by atoms with Crippen LogP contribution in [0.15, 0.2) is 18.2 Å². The summed E-state index contributed by atoms with van der Waals surface area (Å²) in [6.45, 7) is 2.27. The number of carbonyl (C=O) groups is 1. The van der Waals surface area contributed by atoms with Gasteiger partial charge in [0, 0.05) is 30.0 Å². The van der Waals surface area contributed by atoms with Crippen LogP contribution < -0.4 is 16.8 Å². The van der Waals surface area contributed by atoms with E-state index in [0.717, 1.165) is 0 Å². The van der Waals surface area contributed by atoms with Gasteiger partial charge in [0.1, 0.15) is 0 Å². The summed E-state index contributed by atoms with van der Waals surface area (Å²) in [6.07, 6.45) is 0. The number of hydrogen-bond donors (Lipinski definition) is 4. The first kappa shape index (κ1) is 15.3. The van der Waals surface area contributed by atoms with Crippen molar-refractivity contribution in [2.45, 2.75) is 12.5 Å². The summed E-state index contributed by atoms with van der Waals surface area (Å²) in [7, 11) is 3.71. The molecular formula is C13H22N4O2. The maximum absolute atomic E-state index is 11.9. The molecule has 1 unspecified atom stereocenters. The third-order valence-corrected chi connectivity index (χ3v) is 2.53. The summed E-state index contributed by atoms with van der Waals surface area (Å²) in [5.74, 6) is -0.307. The van der Waals surface area contributed by atoms with Crippen molar-refractivity contribution >= 4 is 17.3 Å². The van der Waals surface area contributed by atoms with Crippen molar-refractivity contribution in [2.75, 3.05) is 38.7 Å². The Kier molecular flexibility index (Phi) is 4.74. The Balaban J connectivity index is 2.65. The van der Waals surface area contributed by atoms with E-state index in [-0.39, 0.29) is 12.5 Å². The minimum Gasteiger partial charge on any atom is -0.399 e. The SMILES string of the molecule is CN(C)CC(C)(O)CNC(=O)c1cc(N)cc(N)c1. The van der Waals surface area contributed by atoms with Gasteiger partial charge in [-0.25, -0.2) is 0 Å². The van der Waals surface area contributed by atoms with E-state index in [4.69, 9.17) is 11.5 Å². The van der Waals surface area contributed by atoms with Crippen molar-refractivity contribution in [1.29, 1.82) is 0 Å². The molecular weight excluding hydrogens is 244 g/mol. The first-order chi connectivity index (χ1) is 8.69. The molecule has 1 aromatic carbocycles. The molecule has 0 saturated heterocycles. The lowest BCUT2D eigenvalue weighted by Crippen LogP contribution is -2.47. The average Bonchev–Trinajstić information content (AvgIpc) is 2.22. The van der Waals surface area contributed by atoms with Gasteiger partial charge in [0.05, 0.1) is 5.60 Å². The van der Waals surface area contributed by atoms with Crippen LogP contribution in [0.5, 0.6) is 0 Å². The van der Waals surface area contributed by atoms with Gasteiger partial charge in [-0.15, -0.1) is 0 Å². The lowest BCUT2D eigenvalue weighted by Gasteiger charge is -2.27. The molecule has 1 atom stereocenters. The van der Waals surface area contributed by atoms with Crippen molar-refractivity contribution < 1.29 is 9.90 Å². The highest BCUT2D eigenvalue weighted by molar-refractivity contribution is 5.96. The van der Waals surface area contributed by atoms with Crippen LogP contribution in [0.4, 0.5) is 11.4 Å². The van der Waals surface area contributed by atoms with Crippen molar-refractivity contribution in [1.82, 2.24) is 10.2 Å². The molecule has 1 aromatic rings. The Morgan fingerprint density at radius 2 is 1.84 bits per heavy atom. The Morgan fingerprint density at radius 1 is 1.32 bits per heavy atom. The number of nitrogens with two attached hydrogens (primary N) is 2. The molecule has 6 heteroatoms. The first-order valence-electron chi connectivity index (χ1n) is 6.01. The lowest BCUT2D eigenvalue weighted by atomic mass is 10.1. The molecule has 0 heterocycles. The Hall–Kier alpha value is -1.79. The predicted octanol–water partition coefficient (Wildman–Crippen LogP) is -0.107. The van der Waals surface area contributed by atoms with E-state index < -0.39 is 5.60 Å². The number of amides is 1. The summed E-state index contributed by atoms with van der Waals surface area (Å²) in [6, 6.07) is 4.68. The van der Waals surface area contributed by atoms with Crippen molar-refractivity contribution in [3.63, 3.8) is 0 Å². The molecule has 0 fully saturated rings. The van der Waals surface area contributed by atoms with Crippen LogP contribution in [-0.2, 0) is 0 Å². The summed E-state index contributed by atoms with van der Waals surface area (Å²) < 4.78 is 0. The quantitative estimate of drug-likeness (QED) is 0.557. The Labute approximate surface area is 113 Å². The molecule has 0 aromatic heterocycles. The maximum atomic E-state index is 11.9. The van der Waals surface area contributed by atoms with E-state index >= 15 is 0 Å². The lowest BCUT2D eigenvalue weighted by molar-refractivity contribution is 0.0326. The van der Waals surface area contributed by atoms with Crippen LogP contribution in [0, 0.1) is 0 Å². The van der Waals surface area contributed by atoms with Crippen LogP contribution >= 0.6 is 0 Å². The average molecular weight is 266 g/mol. The normalized spacial score (nSPS) is 14.2. The monoisotopic (exact) mass is 266 g/mol. The molecule has 106 valence electrons. The van der Waals surface area contributed by atoms with E-state index in [1.165, 1.54) is 0 Å². The van der Waals surface area contributed by atoms with Crippen molar-refractivity contribution in [3.8, 4) is 0 Å². The van der Waals surface area contributed by atoms with Gasteiger partial charge < -0.3 is 26.8 Å². The molecule has 0 saturated carbocycles. The van der Waals surface area contributed by atoms with E-state index in [1.807, 2.05) is 19.0 Å². The fourth-order valence-electron chi connectivity index (χ4n) is 1.92. The molecule has 1 amide bonds. The summed E-state index contributed by atoms with van der Waals surface area (Å²) in [4.78, 5) is 13.8. The summed E-state index contributed by atoms with van der Waals surface area (Å²) in [5, 5.41) is 12.8. The minimum absolute atomic E-state index is 0.152. The number of rotatable bonds is 5. The zero-order valence-corrected chi connectivity index (χ0v) is 11.6. The molecule has 1 rings (SSSR count). The maximum Gasteiger partial charge on any atom is 0.251 e. The molecule has 6 N–H and O–H groups in total. The fourth-order valence-corrected chi connectivity index (χ4v) is 1.92. The predicted molar refractivity (Wildman–Crippen MR) is 76.8 cm³/mol. The topological polar surface area (TPSA) is 105 Å². The number of nitrogens with zero attached hydrogens (tertiary/aromatic N) is 1. The molecule has 0 aliphatic carbocycles. The van der Waals surface area contributed by atoms with E-state index in [2.05, 4.69) is 5.32 Å². The molecule has 0 bridgehead atoms. The highest BCUT2D eigenvalue weighted by Crippen LogP contribution is 2.13. The van der Waals surface area contributed by atoms with Gasteiger partial charge in [-0.05, 0) is 39.2 Å². The number of anilines is 2. The smallest absolute Gasteiger partial charge is 0.251 e. The zero-order chi connectivity index (χ0) is 14.6. The second-order valence-electron chi connectivity index (χ2n) is 5.31. The molecule has 0 aliphatic rings. The zero-order valence-electron chi connectivity index (χ0n) is 11.6. The summed E-state index contributed by atoms with van der Waals surface area (Å²) in [5.41, 5.74) is 11.5. The van der Waals surface area contributed by atoms with Crippen LogP contribution in [-0.4, -0.2) is 48.7 Å². The van der Waals surface area contributed by atoms with Crippen LogP contribution in [0.25, 0.3) is 0 Å². The van der Waals surface area contributed by atoms with Crippen LogP contribution in [0.2, 0.25) is 0 Å². The summed E-state index contributed by atoms with van der Waals surface area (Å²) >= 11 is 0. The Bertz CT molecular complexity index is 438. The van der Waals surface area contributed by atoms with Crippen molar-refractivity contribution in [2.24, 2.45) is 0 Å². The molecule has 0 radical (unpaired) electrons. The number of aliphatic hydroxyl groups is 1. The third kappa shape index (κ3) is 5.15. The number of carbonyl (C=O) groups excluding carboxylic acids is 1. The van der Waals surface area contributed by atoms with Gasteiger partial charge in [-0.1, -0.05) is 0 Å². The van der Waals surface area contributed by atoms with Gasteiger partial charge >= 0.3 is 0 Å².